The fraction of sp³-hybridized carbons (Fsp3) is 0.412. The molecule has 1 aliphatic rings. The van der Waals surface area contributed by atoms with Crippen LogP contribution in [0, 0.1) is 13.8 Å². The average molecular weight is 303 g/mol. The zero-order chi connectivity index (χ0) is 16.3. The van der Waals surface area contributed by atoms with Crippen LogP contribution in [0.2, 0.25) is 0 Å². The normalized spacial score (nSPS) is 15.0. The second kappa shape index (κ2) is 6.64. The molecule has 0 aromatic heterocycles. The van der Waals surface area contributed by atoms with E-state index in [0.717, 1.165) is 11.1 Å². The summed E-state index contributed by atoms with van der Waals surface area (Å²) >= 11 is 0. The Kier molecular flexibility index (Phi) is 4.85. The highest BCUT2D eigenvalue weighted by Gasteiger charge is 2.27. The van der Waals surface area contributed by atoms with Crippen LogP contribution in [0.3, 0.4) is 0 Å². The minimum Gasteiger partial charge on any atom is -0.510 e. The van der Waals surface area contributed by atoms with Crippen molar-refractivity contribution in [2.75, 3.05) is 19.7 Å². The van der Waals surface area contributed by atoms with E-state index >= 15 is 0 Å². The third kappa shape index (κ3) is 3.30. The van der Waals surface area contributed by atoms with Crippen molar-refractivity contribution in [1.29, 1.82) is 0 Å². The first kappa shape index (κ1) is 16.1. The Morgan fingerprint density at radius 3 is 2.59 bits per heavy atom. The zero-order valence-corrected chi connectivity index (χ0v) is 13.2. The molecule has 118 valence electrons. The number of nitrogens with zero attached hydrogens (tertiary/aromatic N) is 1. The van der Waals surface area contributed by atoms with Crippen LogP contribution in [0.4, 0.5) is 0 Å². The highest BCUT2D eigenvalue weighted by Crippen LogP contribution is 2.20. The molecule has 1 N–H and O–H groups in total. The second-order valence-electron chi connectivity index (χ2n) is 5.42. The van der Waals surface area contributed by atoms with Gasteiger partial charge in [-0.05, 0) is 44.0 Å². The van der Waals surface area contributed by atoms with Crippen LogP contribution >= 0.6 is 0 Å². The summed E-state index contributed by atoms with van der Waals surface area (Å²) in [4.78, 5) is 25.7. The number of carbonyl (C=O) groups excluding carboxylic acids is 2. The van der Waals surface area contributed by atoms with Gasteiger partial charge in [0.15, 0.2) is 0 Å². The molecule has 5 heteroatoms. The first-order valence-electron chi connectivity index (χ1n) is 7.38. The van der Waals surface area contributed by atoms with Crippen LogP contribution in [0.5, 0.6) is 0 Å². The fourth-order valence-corrected chi connectivity index (χ4v) is 2.41. The van der Waals surface area contributed by atoms with E-state index in [0.29, 0.717) is 18.5 Å². The van der Waals surface area contributed by atoms with Crippen LogP contribution < -0.4 is 0 Å². The van der Waals surface area contributed by atoms with Crippen molar-refractivity contribution in [3.8, 4) is 0 Å². The van der Waals surface area contributed by atoms with E-state index in [1.807, 2.05) is 26.0 Å². The van der Waals surface area contributed by atoms with Crippen LogP contribution in [-0.2, 0) is 9.53 Å². The van der Waals surface area contributed by atoms with Crippen LogP contribution in [0.1, 0.15) is 34.8 Å². The number of ether oxygens (including phenoxy) is 1. The number of carbonyl (C=O) groups is 2. The number of benzene rings is 1. The maximum absolute atomic E-state index is 12.5. The van der Waals surface area contributed by atoms with E-state index < -0.39 is 5.97 Å². The molecule has 0 saturated carbocycles. The first-order chi connectivity index (χ1) is 10.4. The molecule has 0 bridgehead atoms. The Morgan fingerprint density at radius 2 is 2.00 bits per heavy atom. The van der Waals surface area contributed by atoms with Gasteiger partial charge in [0.25, 0.3) is 5.91 Å². The van der Waals surface area contributed by atoms with Gasteiger partial charge in [0.05, 0.1) is 18.7 Å². The molecule has 5 nitrogen and oxygen atoms in total. The van der Waals surface area contributed by atoms with Gasteiger partial charge in [0.2, 0.25) is 0 Å². The van der Waals surface area contributed by atoms with Gasteiger partial charge in [-0.2, -0.15) is 0 Å². The van der Waals surface area contributed by atoms with E-state index in [9.17, 15) is 14.7 Å². The fourth-order valence-electron chi connectivity index (χ4n) is 2.41. The molecule has 22 heavy (non-hydrogen) atoms. The molecule has 0 saturated heterocycles. The Labute approximate surface area is 130 Å². The number of aryl methyl sites for hydroxylation is 2. The van der Waals surface area contributed by atoms with Gasteiger partial charge in [0, 0.05) is 18.5 Å². The third-order valence-electron chi connectivity index (χ3n) is 3.88. The molecule has 0 unspecified atom stereocenters. The molecule has 1 aromatic rings. The molecule has 0 atom stereocenters. The highest BCUT2D eigenvalue weighted by molar-refractivity contribution is 5.95. The minimum absolute atomic E-state index is 0.0416. The summed E-state index contributed by atoms with van der Waals surface area (Å²) in [7, 11) is 0. The van der Waals surface area contributed by atoms with Gasteiger partial charge in [0.1, 0.15) is 5.76 Å². The van der Waals surface area contributed by atoms with E-state index in [1.165, 1.54) is 0 Å². The maximum Gasteiger partial charge on any atom is 0.337 e. The SMILES string of the molecule is CCOC(=O)C1=C(O)CN(C(=O)c2ccc(C)c(C)c2)CC1. The lowest BCUT2D eigenvalue weighted by Gasteiger charge is -2.28. The van der Waals surface area contributed by atoms with Crippen molar-refractivity contribution in [1.82, 2.24) is 4.90 Å². The summed E-state index contributed by atoms with van der Waals surface area (Å²) in [5, 5.41) is 10.0. The molecule has 1 aromatic carbocycles. The van der Waals surface area contributed by atoms with E-state index in [-0.39, 0.29) is 30.4 Å². The van der Waals surface area contributed by atoms with Crippen molar-refractivity contribution in [2.45, 2.75) is 27.2 Å². The molecule has 0 radical (unpaired) electrons. The third-order valence-corrected chi connectivity index (χ3v) is 3.88. The largest absolute Gasteiger partial charge is 0.510 e. The van der Waals surface area contributed by atoms with E-state index in [2.05, 4.69) is 0 Å². The highest BCUT2D eigenvalue weighted by atomic mass is 16.5. The number of esters is 1. The van der Waals surface area contributed by atoms with E-state index in [1.54, 1.807) is 17.9 Å². The molecule has 0 fully saturated rings. The van der Waals surface area contributed by atoms with Gasteiger partial charge < -0.3 is 14.7 Å². The monoisotopic (exact) mass is 303 g/mol. The van der Waals surface area contributed by atoms with Crippen LogP contribution in [0.15, 0.2) is 29.5 Å². The van der Waals surface area contributed by atoms with Crippen LogP contribution in [0.25, 0.3) is 0 Å². The minimum atomic E-state index is -0.502. The molecule has 1 heterocycles. The molecule has 0 spiro atoms. The van der Waals surface area contributed by atoms with Crippen LogP contribution in [-0.4, -0.2) is 41.6 Å². The van der Waals surface area contributed by atoms with Crippen molar-refractivity contribution >= 4 is 11.9 Å². The summed E-state index contributed by atoms with van der Waals surface area (Å²) < 4.78 is 4.90. The smallest absolute Gasteiger partial charge is 0.337 e. The summed E-state index contributed by atoms with van der Waals surface area (Å²) in [6.07, 6.45) is 0.307. The molecule has 1 aliphatic heterocycles. The number of aliphatic hydroxyl groups is 1. The first-order valence-corrected chi connectivity index (χ1v) is 7.38. The predicted octanol–water partition coefficient (Wildman–Crippen LogP) is 2.52. The number of hydrogen-bond acceptors (Lipinski definition) is 4. The van der Waals surface area contributed by atoms with Gasteiger partial charge in [-0.25, -0.2) is 4.79 Å². The average Bonchev–Trinajstić information content (AvgIpc) is 2.49. The van der Waals surface area contributed by atoms with Gasteiger partial charge in [-0.1, -0.05) is 6.07 Å². The molecule has 2 rings (SSSR count). The van der Waals surface area contributed by atoms with Crippen molar-refractivity contribution < 1.29 is 19.4 Å². The number of amides is 1. The summed E-state index contributed by atoms with van der Waals surface area (Å²) in [6, 6.07) is 5.54. The topological polar surface area (TPSA) is 66.8 Å². The Hall–Kier alpha value is -2.30. The standard InChI is InChI=1S/C17H21NO4/c1-4-22-17(21)14-7-8-18(10-15(14)19)16(20)13-6-5-11(2)12(3)9-13/h5-6,9,19H,4,7-8,10H2,1-3H3. The van der Waals surface area contributed by atoms with Crippen molar-refractivity contribution in [3.05, 3.63) is 46.2 Å². The molecular weight excluding hydrogens is 282 g/mol. The zero-order valence-electron chi connectivity index (χ0n) is 13.2. The van der Waals surface area contributed by atoms with Gasteiger partial charge >= 0.3 is 5.97 Å². The van der Waals surface area contributed by atoms with Gasteiger partial charge in [-0.3, -0.25) is 4.79 Å². The Bertz CT molecular complexity index is 634. The number of aliphatic hydroxyl groups excluding tert-OH is 1. The Balaban J connectivity index is 2.14. The predicted molar refractivity (Wildman–Crippen MR) is 82.7 cm³/mol. The molecule has 0 aliphatic carbocycles. The molecular formula is C17H21NO4. The van der Waals surface area contributed by atoms with Crippen molar-refractivity contribution in [3.63, 3.8) is 0 Å². The summed E-state index contributed by atoms with van der Waals surface area (Å²) in [6.45, 7) is 6.36. The summed E-state index contributed by atoms with van der Waals surface area (Å²) in [5.41, 5.74) is 3.04. The quantitative estimate of drug-likeness (QED) is 0.871. The lowest BCUT2D eigenvalue weighted by molar-refractivity contribution is -0.139. The molecule has 1 amide bonds. The van der Waals surface area contributed by atoms with Gasteiger partial charge in [-0.15, -0.1) is 0 Å². The lowest BCUT2D eigenvalue weighted by atomic mass is 10.0. The number of rotatable bonds is 3. The van der Waals surface area contributed by atoms with Crippen molar-refractivity contribution in [2.24, 2.45) is 0 Å². The maximum atomic E-state index is 12.5. The number of hydrogen-bond donors (Lipinski definition) is 1. The lowest BCUT2D eigenvalue weighted by Crippen LogP contribution is -2.38. The summed E-state index contributed by atoms with van der Waals surface area (Å²) in [5.74, 6) is -0.724. The Morgan fingerprint density at radius 1 is 1.27 bits per heavy atom. The van der Waals surface area contributed by atoms with E-state index in [4.69, 9.17) is 4.74 Å². The second-order valence-corrected chi connectivity index (χ2v) is 5.42.